The summed E-state index contributed by atoms with van der Waals surface area (Å²) in [6, 6.07) is 10.2. The van der Waals surface area contributed by atoms with Gasteiger partial charge in [0.2, 0.25) is 0 Å². The number of amides is 1. The molecule has 0 unspecified atom stereocenters. The second-order valence-electron chi connectivity index (χ2n) is 5.84. The highest BCUT2D eigenvalue weighted by Crippen LogP contribution is 2.19. The number of hydrogen-bond donors (Lipinski definition) is 2. The van der Waals surface area contributed by atoms with Crippen LogP contribution in [0.1, 0.15) is 0 Å². The fourth-order valence-electron chi connectivity index (χ4n) is 2.83. The third-order valence-corrected chi connectivity index (χ3v) is 4.41. The molecule has 1 fully saturated rings. The highest BCUT2D eigenvalue weighted by molar-refractivity contribution is 6.31. The minimum Gasteiger partial charge on any atom is -0.321 e. The first-order valence-electron chi connectivity index (χ1n) is 7.92. The van der Waals surface area contributed by atoms with Crippen molar-refractivity contribution < 1.29 is 19.1 Å². The van der Waals surface area contributed by atoms with Crippen LogP contribution in [0.5, 0.6) is 0 Å². The third kappa shape index (κ3) is 4.21. The lowest BCUT2D eigenvalue weighted by molar-refractivity contribution is -0.892. The molecule has 1 amide bonds. The second-order valence-corrected chi connectivity index (χ2v) is 6.25. The zero-order valence-corrected chi connectivity index (χ0v) is 13.9. The van der Waals surface area contributed by atoms with E-state index in [1.54, 1.807) is 0 Å². The lowest BCUT2D eigenvalue weighted by atomic mass is 10.3. The van der Waals surface area contributed by atoms with E-state index in [-0.39, 0.29) is 10.9 Å². The van der Waals surface area contributed by atoms with Gasteiger partial charge >= 0.3 is 0 Å². The van der Waals surface area contributed by atoms with Gasteiger partial charge in [-0.25, -0.2) is 9.37 Å². The van der Waals surface area contributed by atoms with Gasteiger partial charge in [0.05, 0.1) is 11.2 Å². The van der Waals surface area contributed by atoms with Crippen molar-refractivity contribution in [2.75, 3.05) is 42.9 Å². The number of aromatic nitrogens is 1. The molecular formula is C17H20ClFN4O+2. The molecule has 5 nitrogen and oxygen atoms in total. The van der Waals surface area contributed by atoms with Crippen molar-refractivity contribution in [3.63, 3.8) is 0 Å². The van der Waals surface area contributed by atoms with Crippen LogP contribution in [-0.4, -0.2) is 38.6 Å². The third-order valence-electron chi connectivity index (χ3n) is 4.12. The molecule has 126 valence electrons. The van der Waals surface area contributed by atoms with Gasteiger partial charge in [0.1, 0.15) is 32.0 Å². The molecule has 7 heteroatoms. The molecule has 2 heterocycles. The standard InChI is InChI=1S/C17H18ClFN4O/c18-14-11-13(4-5-15(14)19)21-17(24)12-22-7-9-23(10-8-22)16-3-1-2-6-20-16/h1-6,11H,7-10,12H2,(H,21,24)/p+2. The number of hydrogen-bond acceptors (Lipinski definition) is 2. The van der Waals surface area contributed by atoms with Crippen molar-refractivity contribution in [1.82, 2.24) is 0 Å². The summed E-state index contributed by atoms with van der Waals surface area (Å²) in [4.78, 5) is 18.9. The van der Waals surface area contributed by atoms with Crippen molar-refractivity contribution in [2.24, 2.45) is 0 Å². The predicted octanol–water partition coefficient (Wildman–Crippen LogP) is 0.637. The van der Waals surface area contributed by atoms with Gasteiger partial charge in [-0.3, -0.25) is 9.69 Å². The number of benzene rings is 1. The highest BCUT2D eigenvalue weighted by atomic mass is 35.5. The van der Waals surface area contributed by atoms with Crippen molar-refractivity contribution in [3.8, 4) is 0 Å². The van der Waals surface area contributed by atoms with Crippen LogP contribution in [0.3, 0.4) is 0 Å². The average molecular weight is 351 g/mol. The van der Waals surface area contributed by atoms with E-state index in [4.69, 9.17) is 11.6 Å². The first-order chi connectivity index (χ1) is 11.6. The molecule has 24 heavy (non-hydrogen) atoms. The van der Waals surface area contributed by atoms with Gasteiger partial charge < -0.3 is 10.2 Å². The average Bonchev–Trinajstić information content (AvgIpc) is 2.59. The number of pyridine rings is 1. The first-order valence-corrected chi connectivity index (χ1v) is 8.30. The molecule has 1 aliphatic rings. The second kappa shape index (κ2) is 7.59. The topological polar surface area (TPSA) is 50.9 Å². The number of quaternary nitrogens is 1. The number of aromatic amines is 1. The van der Waals surface area contributed by atoms with Crippen LogP contribution in [-0.2, 0) is 4.79 Å². The van der Waals surface area contributed by atoms with Crippen molar-refractivity contribution in [3.05, 3.63) is 53.4 Å². The van der Waals surface area contributed by atoms with Crippen molar-refractivity contribution >= 4 is 29.0 Å². The minimum absolute atomic E-state index is 0.00729. The molecule has 3 rings (SSSR count). The lowest BCUT2D eigenvalue weighted by Gasteiger charge is -2.27. The molecule has 1 aromatic heterocycles. The van der Waals surface area contributed by atoms with Gasteiger partial charge in [-0.15, -0.1) is 0 Å². The summed E-state index contributed by atoms with van der Waals surface area (Å²) in [5.41, 5.74) is 0.517. The fourth-order valence-corrected chi connectivity index (χ4v) is 3.01. The molecule has 0 radical (unpaired) electrons. The summed E-state index contributed by atoms with van der Waals surface area (Å²) in [5.74, 6) is 0.517. The maximum atomic E-state index is 13.1. The van der Waals surface area contributed by atoms with Crippen LogP contribution < -0.4 is 20.1 Å². The molecule has 0 atom stereocenters. The number of H-pyrrole nitrogens is 1. The van der Waals surface area contributed by atoms with E-state index in [2.05, 4.69) is 21.3 Å². The fraction of sp³-hybridized carbons (Fsp3) is 0.294. The van der Waals surface area contributed by atoms with Gasteiger partial charge in [-0.2, -0.15) is 0 Å². The SMILES string of the molecule is O=C(C[NH+]1CCN(c2cccc[nH+]2)CC1)Nc1ccc(F)c(Cl)c1. The molecule has 1 saturated heterocycles. The van der Waals surface area contributed by atoms with E-state index in [1.807, 2.05) is 18.3 Å². The molecule has 0 spiro atoms. The number of rotatable bonds is 4. The monoisotopic (exact) mass is 350 g/mol. The van der Waals surface area contributed by atoms with Gasteiger partial charge in [0.15, 0.2) is 6.54 Å². The van der Waals surface area contributed by atoms with Crippen LogP contribution in [0.4, 0.5) is 15.9 Å². The van der Waals surface area contributed by atoms with Gasteiger partial charge in [0.25, 0.3) is 11.7 Å². The maximum absolute atomic E-state index is 13.1. The zero-order chi connectivity index (χ0) is 16.9. The molecule has 0 aliphatic carbocycles. The van der Waals surface area contributed by atoms with Crippen LogP contribution in [0.2, 0.25) is 5.02 Å². The number of anilines is 2. The van der Waals surface area contributed by atoms with E-state index < -0.39 is 5.82 Å². The van der Waals surface area contributed by atoms with Gasteiger partial charge in [-0.1, -0.05) is 17.7 Å². The summed E-state index contributed by atoms with van der Waals surface area (Å²) < 4.78 is 13.1. The number of halogens is 2. The molecule has 1 aromatic carbocycles. The Kier molecular flexibility index (Phi) is 5.27. The maximum Gasteiger partial charge on any atom is 0.279 e. The molecular weight excluding hydrogens is 331 g/mol. The Balaban J connectivity index is 1.49. The Morgan fingerprint density at radius 1 is 1.29 bits per heavy atom. The Bertz CT molecular complexity index is 705. The summed E-state index contributed by atoms with van der Waals surface area (Å²) in [6.45, 7) is 3.96. The van der Waals surface area contributed by atoms with Crippen LogP contribution in [0.25, 0.3) is 0 Å². The summed E-state index contributed by atoms with van der Waals surface area (Å²) in [7, 11) is 0. The summed E-state index contributed by atoms with van der Waals surface area (Å²) >= 11 is 5.72. The van der Waals surface area contributed by atoms with Crippen LogP contribution in [0.15, 0.2) is 42.6 Å². The summed E-state index contributed by atoms with van der Waals surface area (Å²) in [5, 5.41) is 2.78. The minimum atomic E-state index is -0.492. The van der Waals surface area contributed by atoms with Crippen LogP contribution in [0, 0.1) is 5.82 Å². The number of carbonyl (C=O) groups is 1. The number of piperazine rings is 1. The molecule has 0 bridgehead atoms. The number of nitrogens with zero attached hydrogens (tertiary/aromatic N) is 1. The Hall–Kier alpha value is -2.18. The normalized spacial score (nSPS) is 15.3. The summed E-state index contributed by atoms with van der Waals surface area (Å²) in [6.07, 6.45) is 1.91. The van der Waals surface area contributed by atoms with Gasteiger partial charge in [0, 0.05) is 11.8 Å². The number of nitrogens with one attached hydrogen (secondary N) is 3. The van der Waals surface area contributed by atoms with Crippen molar-refractivity contribution in [1.29, 1.82) is 0 Å². The van der Waals surface area contributed by atoms with Gasteiger partial charge in [-0.05, 0) is 24.3 Å². The predicted molar refractivity (Wildman–Crippen MR) is 90.8 cm³/mol. The van der Waals surface area contributed by atoms with Crippen LogP contribution >= 0.6 is 11.6 Å². The Labute approximate surface area is 145 Å². The molecule has 2 aromatic rings. The molecule has 3 N–H and O–H groups in total. The lowest BCUT2D eigenvalue weighted by Crippen LogP contribution is -3.15. The quantitative estimate of drug-likeness (QED) is 0.850. The van der Waals surface area contributed by atoms with E-state index in [9.17, 15) is 9.18 Å². The number of carbonyl (C=O) groups excluding carboxylic acids is 1. The largest absolute Gasteiger partial charge is 0.321 e. The zero-order valence-electron chi connectivity index (χ0n) is 13.2. The van der Waals surface area contributed by atoms with E-state index in [0.29, 0.717) is 12.2 Å². The molecule has 1 aliphatic heterocycles. The van der Waals surface area contributed by atoms with Crippen molar-refractivity contribution in [2.45, 2.75) is 0 Å². The van der Waals surface area contributed by atoms with E-state index >= 15 is 0 Å². The first kappa shape index (κ1) is 16.7. The van der Waals surface area contributed by atoms with E-state index in [0.717, 1.165) is 32.0 Å². The molecule has 0 saturated carbocycles. The Morgan fingerprint density at radius 3 is 2.75 bits per heavy atom. The van der Waals surface area contributed by atoms with E-state index in [1.165, 1.54) is 23.1 Å². The highest BCUT2D eigenvalue weighted by Gasteiger charge is 2.27. The Morgan fingerprint density at radius 2 is 2.08 bits per heavy atom. The smallest absolute Gasteiger partial charge is 0.279 e.